The number of H-pyrrole nitrogens is 1. The fourth-order valence-electron chi connectivity index (χ4n) is 5.36. The molecule has 0 fully saturated rings. The molecule has 0 spiro atoms. The highest BCUT2D eigenvalue weighted by Gasteiger charge is 2.40. The fourth-order valence-corrected chi connectivity index (χ4v) is 6.63. The van der Waals surface area contributed by atoms with Crippen molar-refractivity contribution in [2.45, 2.75) is 77.4 Å². The molecule has 1 N–H and O–H groups in total. The third-order valence-corrected chi connectivity index (χ3v) is 13.5. The zero-order chi connectivity index (χ0) is 33.9. The van der Waals surface area contributed by atoms with Gasteiger partial charge in [0.15, 0.2) is 8.32 Å². The van der Waals surface area contributed by atoms with Crippen LogP contribution >= 0.6 is 0 Å². The Morgan fingerprint density at radius 3 is 2.09 bits per heavy atom. The molecule has 2 amide bonds. The second-order valence-corrected chi connectivity index (χ2v) is 18.4. The number of hydrogen-bond donors (Lipinski definition) is 1. The van der Waals surface area contributed by atoms with Gasteiger partial charge in [0, 0.05) is 31.1 Å². The molecule has 1 atom stereocenters. The molecule has 4 aromatic rings. The van der Waals surface area contributed by atoms with Crippen LogP contribution in [-0.4, -0.2) is 55.6 Å². The van der Waals surface area contributed by atoms with Crippen LogP contribution in [-0.2, 0) is 27.2 Å². The Morgan fingerprint density at radius 1 is 0.809 bits per heavy atom. The minimum Gasteiger partial charge on any atom is -0.487 e. The average Bonchev–Trinajstić information content (AvgIpc) is 3.05. The SMILES string of the molecule is CC(C)(C)[Si](C)(C)O[C@@H](CN(CCCCCN(C=O)C=O)Cc1ccccc1)c1ccc(OCc2ccccc2)c2[nH]c(=O)ccc12. The Morgan fingerprint density at radius 2 is 1.45 bits per heavy atom. The number of imide groups is 1. The molecule has 0 bridgehead atoms. The van der Waals surface area contributed by atoms with Gasteiger partial charge in [0.2, 0.25) is 18.4 Å². The Balaban J connectivity index is 1.68. The molecule has 8 nitrogen and oxygen atoms in total. The van der Waals surface area contributed by atoms with E-state index in [4.69, 9.17) is 9.16 Å². The summed E-state index contributed by atoms with van der Waals surface area (Å²) in [6, 6.07) is 27.9. The Kier molecular flexibility index (Phi) is 12.7. The summed E-state index contributed by atoms with van der Waals surface area (Å²) < 4.78 is 13.5. The van der Waals surface area contributed by atoms with E-state index < -0.39 is 8.32 Å². The number of hydrogen-bond acceptors (Lipinski definition) is 6. The number of aromatic amines is 1. The molecule has 0 aliphatic heterocycles. The highest BCUT2D eigenvalue weighted by Crippen LogP contribution is 2.42. The van der Waals surface area contributed by atoms with Crippen LogP contribution in [0, 0.1) is 0 Å². The highest BCUT2D eigenvalue weighted by molar-refractivity contribution is 6.74. The fraction of sp³-hybridized carbons (Fsp3) is 0.395. The number of nitrogens with zero attached hydrogens (tertiary/aromatic N) is 2. The third kappa shape index (κ3) is 10.2. The smallest absolute Gasteiger partial charge is 0.248 e. The number of amides is 2. The van der Waals surface area contributed by atoms with Crippen molar-refractivity contribution in [1.82, 2.24) is 14.8 Å². The van der Waals surface area contributed by atoms with E-state index in [0.29, 0.717) is 43.8 Å². The molecule has 1 heterocycles. The molecule has 0 aliphatic carbocycles. The van der Waals surface area contributed by atoms with Crippen LogP contribution in [0.25, 0.3) is 10.9 Å². The van der Waals surface area contributed by atoms with Crippen molar-refractivity contribution in [2.75, 3.05) is 19.6 Å². The van der Waals surface area contributed by atoms with Crippen molar-refractivity contribution in [3.05, 3.63) is 112 Å². The van der Waals surface area contributed by atoms with Crippen molar-refractivity contribution in [2.24, 2.45) is 0 Å². The first kappa shape index (κ1) is 35.8. The Hall–Kier alpha value is -4.05. The summed E-state index contributed by atoms with van der Waals surface area (Å²) in [6.45, 7) is 14.3. The van der Waals surface area contributed by atoms with E-state index in [2.05, 4.69) is 74.1 Å². The Labute approximate surface area is 279 Å². The zero-order valence-corrected chi connectivity index (χ0v) is 29.4. The molecule has 0 unspecified atom stereocenters. The van der Waals surface area contributed by atoms with Crippen molar-refractivity contribution in [3.63, 3.8) is 0 Å². The largest absolute Gasteiger partial charge is 0.487 e. The predicted octanol–water partition coefficient (Wildman–Crippen LogP) is 7.46. The van der Waals surface area contributed by atoms with E-state index in [1.807, 2.05) is 48.5 Å². The maximum atomic E-state index is 12.6. The summed E-state index contributed by atoms with van der Waals surface area (Å²) in [7, 11) is -2.25. The van der Waals surface area contributed by atoms with Gasteiger partial charge in [0.25, 0.3) is 0 Å². The molecular weight excluding hydrogens is 607 g/mol. The van der Waals surface area contributed by atoms with Crippen LogP contribution < -0.4 is 10.3 Å². The second-order valence-electron chi connectivity index (χ2n) is 13.6. The topological polar surface area (TPSA) is 91.9 Å². The van der Waals surface area contributed by atoms with Gasteiger partial charge in [-0.2, -0.15) is 0 Å². The number of ether oxygens (including phenoxy) is 1. The quantitative estimate of drug-likeness (QED) is 0.0680. The summed E-state index contributed by atoms with van der Waals surface area (Å²) in [5, 5.41) is 0.892. The third-order valence-electron chi connectivity index (χ3n) is 9.05. The maximum absolute atomic E-state index is 12.6. The number of aromatic nitrogens is 1. The molecule has 47 heavy (non-hydrogen) atoms. The van der Waals surface area contributed by atoms with Crippen LogP contribution in [0.5, 0.6) is 5.75 Å². The van der Waals surface area contributed by atoms with Crippen LogP contribution in [0.2, 0.25) is 18.1 Å². The van der Waals surface area contributed by atoms with Gasteiger partial charge in [0.1, 0.15) is 12.4 Å². The van der Waals surface area contributed by atoms with Crippen LogP contribution in [0.15, 0.2) is 89.7 Å². The monoisotopic (exact) mass is 655 g/mol. The number of carbonyl (C=O) groups is 2. The van der Waals surface area contributed by atoms with E-state index in [-0.39, 0.29) is 16.7 Å². The maximum Gasteiger partial charge on any atom is 0.248 e. The van der Waals surface area contributed by atoms with Gasteiger partial charge in [-0.15, -0.1) is 0 Å². The summed E-state index contributed by atoms with van der Waals surface area (Å²) in [6.07, 6.45) is 3.43. The number of rotatable bonds is 18. The van der Waals surface area contributed by atoms with E-state index in [9.17, 15) is 14.4 Å². The lowest BCUT2D eigenvalue weighted by atomic mass is 10.0. The summed E-state index contributed by atoms with van der Waals surface area (Å²) >= 11 is 0. The molecule has 0 radical (unpaired) electrons. The number of nitrogens with one attached hydrogen (secondary N) is 1. The van der Waals surface area contributed by atoms with Gasteiger partial charge < -0.3 is 14.1 Å². The summed E-state index contributed by atoms with van der Waals surface area (Å²) in [5.41, 5.74) is 3.75. The number of unbranched alkanes of at least 4 members (excludes halogenated alkanes) is 2. The molecule has 250 valence electrons. The first-order valence-corrected chi connectivity index (χ1v) is 19.3. The van der Waals surface area contributed by atoms with Crippen LogP contribution in [0.3, 0.4) is 0 Å². The van der Waals surface area contributed by atoms with Gasteiger partial charge in [-0.05, 0) is 66.3 Å². The number of carbonyl (C=O) groups excluding carboxylic acids is 2. The normalized spacial score (nSPS) is 12.6. The van der Waals surface area contributed by atoms with E-state index >= 15 is 0 Å². The number of benzene rings is 3. The standard InChI is InChI=1S/C38H49N3O5Si/c1-38(2,3)47(4,5)46-35(26-40(25-30-15-9-6-10-16-30)23-13-8-14-24-41(28-42)29-43)32-19-21-34(37-33(32)20-22-36(44)39-37)45-27-31-17-11-7-12-18-31/h6-7,9-12,15-22,28-29,35H,8,13-14,23-27H2,1-5H3,(H,39,44)/t35-/m0/s1. The molecule has 3 aromatic carbocycles. The molecule has 1 aromatic heterocycles. The minimum atomic E-state index is -2.25. The summed E-state index contributed by atoms with van der Waals surface area (Å²) in [4.78, 5) is 41.3. The lowest BCUT2D eigenvalue weighted by Gasteiger charge is -2.41. The van der Waals surface area contributed by atoms with Gasteiger partial charge in [-0.3, -0.25) is 24.2 Å². The lowest BCUT2D eigenvalue weighted by molar-refractivity contribution is -0.129. The number of pyridine rings is 1. The molecular formula is C38H49N3O5Si. The van der Waals surface area contributed by atoms with Crippen LogP contribution in [0.4, 0.5) is 0 Å². The van der Waals surface area contributed by atoms with Crippen molar-refractivity contribution >= 4 is 32.0 Å². The van der Waals surface area contributed by atoms with E-state index in [0.717, 1.165) is 53.8 Å². The highest BCUT2D eigenvalue weighted by atomic mass is 28.4. The second kappa shape index (κ2) is 16.7. The first-order valence-electron chi connectivity index (χ1n) is 16.4. The first-order chi connectivity index (χ1) is 22.5. The average molecular weight is 656 g/mol. The molecule has 9 heteroatoms. The summed E-state index contributed by atoms with van der Waals surface area (Å²) in [5.74, 6) is 0.622. The lowest BCUT2D eigenvalue weighted by Crippen LogP contribution is -2.44. The van der Waals surface area contributed by atoms with Crippen LogP contribution in [0.1, 0.15) is 62.8 Å². The Bertz CT molecular complexity index is 1630. The molecule has 0 saturated carbocycles. The number of fused-ring (bicyclic) bond motifs is 1. The van der Waals surface area contributed by atoms with Crippen molar-refractivity contribution in [3.8, 4) is 5.75 Å². The zero-order valence-electron chi connectivity index (χ0n) is 28.4. The van der Waals surface area contributed by atoms with E-state index in [1.54, 1.807) is 6.07 Å². The molecule has 4 rings (SSSR count). The van der Waals surface area contributed by atoms with Crippen molar-refractivity contribution in [1.29, 1.82) is 0 Å². The minimum absolute atomic E-state index is 0.0125. The molecule has 0 aliphatic rings. The van der Waals surface area contributed by atoms with Gasteiger partial charge in [-0.25, -0.2) is 0 Å². The van der Waals surface area contributed by atoms with Gasteiger partial charge in [0.05, 0.1) is 11.6 Å². The predicted molar refractivity (Wildman–Crippen MR) is 191 cm³/mol. The van der Waals surface area contributed by atoms with Gasteiger partial charge in [-0.1, -0.05) is 93.9 Å². The van der Waals surface area contributed by atoms with Crippen molar-refractivity contribution < 1.29 is 18.8 Å². The van der Waals surface area contributed by atoms with Gasteiger partial charge >= 0.3 is 0 Å². The molecule has 0 saturated heterocycles. The van der Waals surface area contributed by atoms with E-state index in [1.165, 1.54) is 5.56 Å².